The number of aryl methyl sites for hydroxylation is 2. The number of fused-ring (bicyclic) bond motifs is 1. The Morgan fingerprint density at radius 1 is 1.19 bits per heavy atom. The minimum atomic E-state index is -0.996. The van der Waals surface area contributed by atoms with Crippen molar-refractivity contribution < 1.29 is 14.3 Å². The molecule has 0 radical (unpaired) electrons. The third-order valence-electron chi connectivity index (χ3n) is 4.57. The van der Waals surface area contributed by atoms with E-state index in [1.807, 2.05) is 32.0 Å². The molecule has 0 fully saturated rings. The standard InChI is InChI=1S/C21H23ClN2O3/c1-13-5-6-14(2)16(11-13)23-19(25)9-10-24-17-12-15(22)7-8-18(17)27-21(3,4)20(24)26/h5-8,11-12H,9-10H2,1-4H3,(H,23,25). The smallest absolute Gasteiger partial charge is 0.270 e. The molecule has 0 saturated carbocycles. The lowest BCUT2D eigenvalue weighted by Gasteiger charge is -2.38. The predicted molar refractivity (Wildman–Crippen MR) is 108 cm³/mol. The molecule has 0 saturated heterocycles. The van der Waals surface area contributed by atoms with E-state index >= 15 is 0 Å². The van der Waals surface area contributed by atoms with Crippen molar-refractivity contribution in [1.29, 1.82) is 0 Å². The molecule has 2 aromatic rings. The van der Waals surface area contributed by atoms with E-state index in [-0.39, 0.29) is 24.8 Å². The summed E-state index contributed by atoms with van der Waals surface area (Å²) in [6.45, 7) is 7.60. The van der Waals surface area contributed by atoms with E-state index in [0.717, 1.165) is 16.8 Å². The van der Waals surface area contributed by atoms with Gasteiger partial charge in [0.2, 0.25) is 5.91 Å². The van der Waals surface area contributed by atoms with Crippen LogP contribution >= 0.6 is 11.6 Å². The first-order valence-electron chi connectivity index (χ1n) is 8.85. The second-order valence-electron chi connectivity index (χ2n) is 7.30. The third-order valence-corrected chi connectivity index (χ3v) is 4.80. The van der Waals surface area contributed by atoms with E-state index in [9.17, 15) is 9.59 Å². The Morgan fingerprint density at radius 2 is 1.93 bits per heavy atom. The predicted octanol–water partition coefficient (Wildman–Crippen LogP) is 4.49. The van der Waals surface area contributed by atoms with Crippen LogP contribution in [0, 0.1) is 13.8 Å². The summed E-state index contributed by atoms with van der Waals surface area (Å²) in [5.41, 5.74) is 2.45. The fourth-order valence-electron chi connectivity index (χ4n) is 3.06. The van der Waals surface area contributed by atoms with Gasteiger partial charge >= 0.3 is 0 Å². The maximum atomic E-state index is 12.8. The van der Waals surface area contributed by atoms with Crippen molar-refractivity contribution in [3.05, 3.63) is 52.5 Å². The van der Waals surface area contributed by atoms with Crippen LogP contribution in [-0.4, -0.2) is 24.0 Å². The molecule has 1 N–H and O–H groups in total. The number of nitrogens with one attached hydrogen (secondary N) is 1. The van der Waals surface area contributed by atoms with E-state index in [2.05, 4.69) is 5.32 Å². The summed E-state index contributed by atoms with van der Waals surface area (Å²) in [5.74, 6) is 0.236. The molecule has 142 valence electrons. The molecule has 1 aliphatic heterocycles. The molecule has 1 heterocycles. The lowest BCUT2D eigenvalue weighted by Crippen LogP contribution is -2.53. The van der Waals surface area contributed by atoms with Crippen LogP contribution in [0.5, 0.6) is 5.75 Å². The van der Waals surface area contributed by atoms with Crippen LogP contribution in [-0.2, 0) is 9.59 Å². The van der Waals surface area contributed by atoms with Crippen molar-refractivity contribution in [2.75, 3.05) is 16.8 Å². The van der Waals surface area contributed by atoms with E-state index in [0.29, 0.717) is 16.5 Å². The summed E-state index contributed by atoms with van der Waals surface area (Å²) in [4.78, 5) is 26.9. The van der Waals surface area contributed by atoms with Crippen LogP contribution in [0.15, 0.2) is 36.4 Å². The molecule has 6 heteroatoms. The molecular formula is C21H23ClN2O3. The summed E-state index contributed by atoms with van der Waals surface area (Å²) in [7, 11) is 0. The van der Waals surface area contributed by atoms with E-state index < -0.39 is 5.60 Å². The van der Waals surface area contributed by atoms with Gasteiger partial charge in [-0.3, -0.25) is 9.59 Å². The number of carbonyl (C=O) groups excluding carboxylic acids is 2. The zero-order valence-electron chi connectivity index (χ0n) is 15.9. The van der Waals surface area contributed by atoms with Crippen LogP contribution in [0.4, 0.5) is 11.4 Å². The fourth-order valence-corrected chi connectivity index (χ4v) is 3.23. The van der Waals surface area contributed by atoms with Gasteiger partial charge < -0.3 is 15.0 Å². The SMILES string of the molecule is Cc1ccc(C)c(NC(=O)CCN2C(=O)C(C)(C)Oc3ccc(Cl)cc32)c1. The quantitative estimate of drug-likeness (QED) is 0.842. The topological polar surface area (TPSA) is 58.6 Å². The van der Waals surface area contributed by atoms with Crippen molar-refractivity contribution in [2.24, 2.45) is 0 Å². The Kier molecular flexibility index (Phi) is 5.16. The Morgan fingerprint density at radius 3 is 2.67 bits per heavy atom. The van der Waals surface area contributed by atoms with Gasteiger partial charge in [0.1, 0.15) is 5.75 Å². The highest BCUT2D eigenvalue weighted by Gasteiger charge is 2.40. The fraction of sp³-hybridized carbons (Fsp3) is 0.333. The monoisotopic (exact) mass is 386 g/mol. The maximum absolute atomic E-state index is 12.8. The molecule has 0 aromatic heterocycles. The highest BCUT2D eigenvalue weighted by molar-refractivity contribution is 6.31. The Balaban J connectivity index is 1.76. The molecule has 2 amide bonds. The largest absolute Gasteiger partial charge is 0.476 e. The Labute approximate surface area is 164 Å². The van der Waals surface area contributed by atoms with E-state index in [1.54, 1.807) is 36.9 Å². The number of anilines is 2. The van der Waals surface area contributed by atoms with Gasteiger partial charge in [0.05, 0.1) is 5.69 Å². The number of ether oxygens (including phenoxy) is 1. The first kappa shape index (κ1) is 19.2. The molecule has 27 heavy (non-hydrogen) atoms. The number of hydrogen-bond acceptors (Lipinski definition) is 3. The lowest BCUT2D eigenvalue weighted by atomic mass is 10.0. The number of amides is 2. The highest BCUT2D eigenvalue weighted by atomic mass is 35.5. The number of hydrogen-bond donors (Lipinski definition) is 1. The van der Waals surface area contributed by atoms with Gasteiger partial charge in [0, 0.05) is 23.7 Å². The van der Waals surface area contributed by atoms with Crippen LogP contribution in [0.25, 0.3) is 0 Å². The van der Waals surface area contributed by atoms with Crippen molar-refractivity contribution in [3.63, 3.8) is 0 Å². The molecule has 0 unspecified atom stereocenters. The van der Waals surface area contributed by atoms with Crippen LogP contribution < -0.4 is 15.0 Å². The van der Waals surface area contributed by atoms with Gasteiger partial charge in [-0.1, -0.05) is 23.7 Å². The molecule has 0 aliphatic carbocycles. The number of carbonyl (C=O) groups is 2. The van der Waals surface area contributed by atoms with Gasteiger partial charge in [-0.2, -0.15) is 0 Å². The normalized spacial score (nSPS) is 15.1. The first-order chi connectivity index (χ1) is 12.7. The van der Waals surface area contributed by atoms with Crippen molar-refractivity contribution in [1.82, 2.24) is 0 Å². The van der Waals surface area contributed by atoms with Crippen molar-refractivity contribution >= 4 is 34.8 Å². The van der Waals surface area contributed by atoms with Gasteiger partial charge in [0.15, 0.2) is 5.60 Å². The average Bonchev–Trinajstić information content (AvgIpc) is 2.59. The Hall–Kier alpha value is -2.53. The molecule has 0 bridgehead atoms. The molecular weight excluding hydrogens is 364 g/mol. The first-order valence-corrected chi connectivity index (χ1v) is 9.23. The summed E-state index contributed by atoms with van der Waals surface area (Å²) in [6, 6.07) is 11.1. The summed E-state index contributed by atoms with van der Waals surface area (Å²) in [5, 5.41) is 3.44. The minimum absolute atomic E-state index is 0.149. The second-order valence-corrected chi connectivity index (χ2v) is 7.73. The zero-order valence-corrected chi connectivity index (χ0v) is 16.7. The highest BCUT2D eigenvalue weighted by Crippen LogP contribution is 2.39. The van der Waals surface area contributed by atoms with Gasteiger partial charge in [-0.05, 0) is 63.1 Å². The van der Waals surface area contributed by atoms with Gasteiger partial charge in [-0.25, -0.2) is 0 Å². The molecule has 1 aliphatic rings. The minimum Gasteiger partial charge on any atom is -0.476 e. The zero-order chi connectivity index (χ0) is 19.8. The summed E-state index contributed by atoms with van der Waals surface area (Å²) >= 11 is 6.09. The molecule has 0 spiro atoms. The molecule has 5 nitrogen and oxygen atoms in total. The summed E-state index contributed by atoms with van der Waals surface area (Å²) in [6.07, 6.45) is 0.168. The number of rotatable bonds is 4. The lowest BCUT2D eigenvalue weighted by molar-refractivity contribution is -0.132. The number of benzene rings is 2. The number of nitrogens with zero attached hydrogens (tertiary/aromatic N) is 1. The Bertz CT molecular complexity index is 908. The van der Waals surface area contributed by atoms with E-state index in [4.69, 9.17) is 16.3 Å². The van der Waals surface area contributed by atoms with Gasteiger partial charge in [-0.15, -0.1) is 0 Å². The number of halogens is 1. The second kappa shape index (κ2) is 7.24. The summed E-state index contributed by atoms with van der Waals surface area (Å²) < 4.78 is 5.80. The van der Waals surface area contributed by atoms with Crippen LogP contribution in [0.2, 0.25) is 5.02 Å². The third kappa shape index (κ3) is 4.08. The molecule has 3 rings (SSSR count). The average molecular weight is 387 g/mol. The maximum Gasteiger partial charge on any atom is 0.270 e. The van der Waals surface area contributed by atoms with E-state index in [1.165, 1.54) is 0 Å². The van der Waals surface area contributed by atoms with Crippen molar-refractivity contribution in [3.8, 4) is 5.75 Å². The van der Waals surface area contributed by atoms with Crippen molar-refractivity contribution in [2.45, 2.75) is 39.7 Å². The van der Waals surface area contributed by atoms with Crippen LogP contribution in [0.1, 0.15) is 31.4 Å². The molecule has 2 aromatic carbocycles. The molecule has 0 atom stereocenters. The van der Waals surface area contributed by atoms with Gasteiger partial charge in [0.25, 0.3) is 5.91 Å². The van der Waals surface area contributed by atoms with Crippen LogP contribution in [0.3, 0.4) is 0 Å².